The maximum absolute atomic E-state index is 12.8. The summed E-state index contributed by atoms with van der Waals surface area (Å²) < 4.78 is 5.59. The first kappa shape index (κ1) is 16.6. The number of aromatic nitrogens is 2. The van der Waals surface area contributed by atoms with Crippen LogP contribution in [0.3, 0.4) is 0 Å². The summed E-state index contributed by atoms with van der Waals surface area (Å²) >= 11 is 0. The molecule has 134 valence electrons. The Bertz CT molecular complexity index is 908. The van der Waals surface area contributed by atoms with Gasteiger partial charge in [0, 0.05) is 11.6 Å². The van der Waals surface area contributed by atoms with Crippen LogP contribution in [0.15, 0.2) is 52.9 Å². The Hall–Kier alpha value is -2.82. The van der Waals surface area contributed by atoms with Crippen LogP contribution in [0.5, 0.6) is 0 Å². The third-order valence-electron chi connectivity index (χ3n) is 5.11. The monoisotopic (exact) mass is 349 g/mol. The van der Waals surface area contributed by atoms with Crippen LogP contribution in [0.25, 0.3) is 11.5 Å². The van der Waals surface area contributed by atoms with E-state index in [4.69, 9.17) is 4.42 Å². The summed E-state index contributed by atoms with van der Waals surface area (Å²) in [5.74, 6) is 1.87. The van der Waals surface area contributed by atoms with E-state index in [1.165, 1.54) is 5.56 Å². The number of furan rings is 1. The van der Waals surface area contributed by atoms with Crippen molar-refractivity contribution in [2.75, 3.05) is 0 Å². The average molecular weight is 349 g/mol. The number of hydrogen-bond acceptors (Lipinski definition) is 3. The number of aryl methyl sites for hydroxylation is 1. The second-order valence-corrected chi connectivity index (χ2v) is 7.39. The van der Waals surface area contributed by atoms with Gasteiger partial charge in [-0.1, -0.05) is 30.3 Å². The smallest absolute Gasteiger partial charge is 0.272 e. The molecule has 0 saturated heterocycles. The van der Waals surface area contributed by atoms with Crippen LogP contribution in [-0.4, -0.2) is 21.6 Å². The van der Waals surface area contributed by atoms with E-state index < -0.39 is 0 Å². The fourth-order valence-electron chi connectivity index (χ4n) is 3.50. The number of H-pyrrole nitrogens is 1. The Morgan fingerprint density at radius 1 is 1.27 bits per heavy atom. The number of amides is 1. The van der Waals surface area contributed by atoms with Gasteiger partial charge in [-0.3, -0.25) is 9.89 Å². The first-order valence-electron chi connectivity index (χ1n) is 9.02. The maximum atomic E-state index is 12.8. The van der Waals surface area contributed by atoms with Crippen LogP contribution >= 0.6 is 0 Å². The van der Waals surface area contributed by atoms with Crippen LogP contribution in [0.4, 0.5) is 0 Å². The van der Waals surface area contributed by atoms with Crippen LogP contribution in [0.1, 0.15) is 41.6 Å². The van der Waals surface area contributed by atoms with Crippen molar-refractivity contribution in [3.8, 4) is 11.5 Å². The van der Waals surface area contributed by atoms with Gasteiger partial charge in [0.1, 0.15) is 11.5 Å². The molecule has 1 unspecified atom stereocenters. The summed E-state index contributed by atoms with van der Waals surface area (Å²) in [4.78, 5) is 12.8. The van der Waals surface area contributed by atoms with Crippen molar-refractivity contribution in [2.45, 2.75) is 38.6 Å². The summed E-state index contributed by atoms with van der Waals surface area (Å²) in [6.45, 7) is 4.02. The van der Waals surface area contributed by atoms with Crippen molar-refractivity contribution in [1.29, 1.82) is 0 Å². The predicted octanol–water partition coefficient (Wildman–Crippen LogP) is 4.12. The van der Waals surface area contributed by atoms with Gasteiger partial charge in [-0.2, -0.15) is 5.10 Å². The van der Waals surface area contributed by atoms with Crippen molar-refractivity contribution >= 4 is 5.91 Å². The van der Waals surface area contributed by atoms with Gasteiger partial charge in [-0.25, -0.2) is 0 Å². The quantitative estimate of drug-likeness (QED) is 0.703. The number of nitrogens with one attached hydrogen (secondary N) is 2. The number of aromatic amines is 1. The van der Waals surface area contributed by atoms with Gasteiger partial charge >= 0.3 is 0 Å². The highest BCUT2D eigenvalue weighted by molar-refractivity contribution is 5.93. The maximum Gasteiger partial charge on any atom is 0.272 e. The molecule has 3 aromatic rings. The van der Waals surface area contributed by atoms with Crippen molar-refractivity contribution in [3.05, 3.63) is 65.5 Å². The molecule has 5 nitrogen and oxygen atoms in total. The van der Waals surface area contributed by atoms with Crippen molar-refractivity contribution in [1.82, 2.24) is 15.5 Å². The highest BCUT2D eigenvalue weighted by Gasteiger charge is 2.42. The normalized spacial score (nSPS) is 16.2. The van der Waals surface area contributed by atoms with Crippen molar-refractivity contribution in [2.24, 2.45) is 5.92 Å². The van der Waals surface area contributed by atoms with Crippen LogP contribution < -0.4 is 5.32 Å². The molecule has 1 aliphatic rings. The molecule has 4 rings (SSSR count). The topological polar surface area (TPSA) is 70.9 Å². The molecule has 0 spiro atoms. The van der Waals surface area contributed by atoms with Gasteiger partial charge in [-0.15, -0.1) is 0 Å². The second kappa shape index (κ2) is 6.48. The SMILES string of the molecule is Cc1ccc(-c2cc(C(=O)NC(C)(Cc3ccccc3)C3CC3)n[nH]2)o1. The predicted molar refractivity (Wildman–Crippen MR) is 99.8 cm³/mol. The second-order valence-electron chi connectivity index (χ2n) is 7.39. The molecule has 0 bridgehead atoms. The van der Waals surface area contributed by atoms with E-state index in [1.54, 1.807) is 6.07 Å². The minimum Gasteiger partial charge on any atom is -0.460 e. The Kier molecular flexibility index (Phi) is 4.15. The molecule has 26 heavy (non-hydrogen) atoms. The summed E-state index contributed by atoms with van der Waals surface area (Å²) in [6, 6.07) is 15.8. The van der Waals surface area contributed by atoms with Gasteiger partial charge in [0.15, 0.2) is 11.5 Å². The number of hydrogen-bond donors (Lipinski definition) is 2. The molecule has 1 amide bonds. The third kappa shape index (κ3) is 3.43. The fraction of sp³-hybridized carbons (Fsp3) is 0.333. The summed E-state index contributed by atoms with van der Waals surface area (Å²) in [6.07, 6.45) is 3.13. The Labute approximate surface area is 152 Å². The lowest BCUT2D eigenvalue weighted by molar-refractivity contribution is 0.0888. The molecule has 0 aliphatic heterocycles. The largest absolute Gasteiger partial charge is 0.460 e. The first-order chi connectivity index (χ1) is 12.5. The van der Waals surface area contributed by atoms with Gasteiger partial charge in [0.25, 0.3) is 5.91 Å². The molecule has 2 heterocycles. The third-order valence-corrected chi connectivity index (χ3v) is 5.11. The van der Waals surface area contributed by atoms with E-state index in [0.29, 0.717) is 23.1 Å². The Morgan fingerprint density at radius 3 is 2.69 bits per heavy atom. The zero-order valence-corrected chi connectivity index (χ0v) is 15.1. The molecular formula is C21H23N3O2. The van der Waals surface area contributed by atoms with Crippen LogP contribution in [0, 0.1) is 12.8 Å². The number of benzene rings is 1. The molecular weight excluding hydrogens is 326 g/mol. The minimum atomic E-state index is -0.265. The van der Waals surface area contributed by atoms with Crippen molar-refractivity contribution < 1.29 is 9.21 Å². The molecule has 5 heteroatoms. The lowest BCUT2D eigenvalue weighted by Crippen LogP contribution is -2.49. The lowest BCUT2D eigenvalue weighted by Gasteiger charge is -2.31. The molecule has 1 saturated carbocycles. The highest BCUT2D eigenvalue weighted by Crippen LogP contribution is 2.41. The number of carbonyl (C=O) groups is 1. The summed E-state index contributed by atoms with van der Waals surface area (Å²) in [7, 11) is 0. The van der Waals surface area contributed by atoms with Crippen LogP contribution in [0.2, 0.25) is 0 Å². The average Bonchev–Trinajstić information content (AvgIpc) is 3.22. The zero-order valence-electron chi connectivity index (χ0n) is 15.1. The molecule has 1 aromatic carbocycles. The standard InChI is InChI=1S/C21H23N3O2/c1-14-8-11-19(26-14)17-12-18(24-23-17)20(25)22-21(2,16-9-10-16)13-15-6-4-3-5-7-15/h3-8,11-12,16H,9-10,13H2,1-2H3,(H,22,25)(H,23,24). The number of nitrogens with zero attached hydrogens (tertiary/aromatic N) is 1. The van der Waals surface area contributed by atoms with Gasteiger partial charge in [0.2, 0.25) is 0 Å². The van der Waals surface area contributed by atoms with Gasteiger partial charge in [0.05, 0.1) is 0 Å². The van der Waals surface area contributed by atoms with E-state index in [0.717, 1.165) is 25.0 Å². The first-order valence-corrected chi connectivity index (χ1v) is 9.02. The Balaban J connectivity index is 1.51. The van der Waals surface area contributed by atoms with Crippen LogP contribution in [-0.2, 0) is 6.42 Å². The van der Waals surface area contributed by atoms with E-state index in [-0.39, 0.29) is 11.4 Å². The van der Waals surface area contributed by atoms with E-state index in [1.807, 2.05) is 37.3 Å². The lowest BCUT2D eigenvalue weighted by atomic mass is 9.87. The molecule has 2 aromatic heterocycles. The van der Waals surface area contributed by atoms with Gasteiger partial charge < -0.3 is 9.73 Å². The number of carbonyl (C=O) groups excluding carboxylic acids is 1. The summed E-state index contributed by atoms with van der Waals surface area (Å²) in [5.41, 5.74) is 2.06. The Morgan fingerprint density at radius 2 is 2.04 bits per heavy atom. The minimum absolute atomic E-state index is 0.152. The molecule has 1 atom stereocenters. The summed E-state index contributed by atoms with van der Waals surface area (Å²) in [5, 5.41) is 10.3. The fourth-order valence-corrected chi connectivity index (χ4v) is 3.50. The molecule has 2 N–H and O–H groups in total. The van der Waals surface area contributed by atoms with Gasteiger partial charge in [-0.05, 0) is 56.7 Å². The highest BCUT2D eigenvalue weighted by atomic mass is 16.3. The van der Waals surface area contributed by atoms with E-state index >= 15 is 0 Å². The number of rotatable bonds is 6. The molecule has 0 radical (unpaired) electrons. The zero-order chi connectivity index (χ0) is 18.1. The molecule has 1 aliphatic carbocycles. The van der Waals surface area contributed by atoms with Crippen molar-refractivity contribution in [3.63, 3.8) is 0 Å². The molecule has 1 fully saturated rings. The van der Waals surface area contributed by atoms with E-state index in [2.05, 4.69) is 34.6 Å². The van der Waals surface area contributed by atoms with E-state index in [9.17, 15) is 4.79 Å².